The molecule has 0 aliphatic rings. The molecule has 8 heteroatoms. The summed E-state index contributed by atoms with van der Waals surface area (Å²) in [4.78, 5) is 10.1. The van der Waals surface area contributed by atoms with Gasteiger partial charge in [-0.1, -0.05) is 18.2 Å². The molecule has 0 amide bonds. The Balaban J connectivity index is 2.19. The largest absolute Gasteiger partial charge is 0.494 e. The second-order valence-corrected chi connectivity index (χ2v) is 7.14. The van der Waals surface area contributed by atoms with Crippen molar-refractivity contribution in [3.05, 3.63) is 64.2 Å². The van der Waals surface area contributed by atoms with E-state index in [1.165, 1.54) is 25.2 Å². The highest BCUT2D eigenvalue weighted by Crippen LogP contribution is 2.22. The van der Waals surface area contributed by atoms with Gasteiger partial charge in [0.1, 0.15) is 5.75 Å². The van der Waals surface area contributed by atoms with Crippen LogP contribution in [0.2, 0.25) is 0 Å². The van der Waals surface area contributed by atoms with E-state index >= 15 is 0 Å². The standard InChI is InChI=1S/C16H18N2O5S/c1-3-23-15-9-7-13(8-10-15)12-17(2)24(21,22)16-6-4-5-14(11-16)18(19)20/h4-11H,3,12H2,1-2H3. The zero-order valence-electron chi connectivity index (χ0n) is 13.4. The summed E-state index contributed by atoms with van der Waals surface area (Å²) >= 11 is 0. The van der Waals surface area contributed by atoms with Crippen LogP contribution in [0.1, 0.15) is 12.5 Å². The molecule has 0 bridgehead atoms. The van der Waals surface area contributed by atoms with E-state index in [2.05, 4.69) is 0 Å². The van der Waals surface area contributed by atoms with Crippen molar-refractivity contribution in [2.45, 2.75) is 18.4 Å². The molecule has 0 aliphatic heterocycles. The topological polar surface area (TPSA) is 89.8 Å². The monoisotopic (exact) mass is 350 g/mol. The van der Waals surface area contributed by atoms with Crippen LogP contribution in [0.3, 0.4) is 0 Å². The summed E-state index contributed by atoms with van der Waals surface area (Å²) in [7, 11) is -2.38. The fourth-order valence-electron chi connectivity index (χ4n) is 2.14. The van der Waals surface area contributed by atoms with Crippen LogP contribution in [0, 0.1) is 10.1 Å². The molecule has 2 aromatic carbocycles. The van der Waals surface area contributed by atoms with E-state index in [-0.39, 0.29) is 17.1 Å². The minimum absolute atomic E-state index is 0.106. The highest BCUT2D eigenvalue weighted by atomic mass is 32.2. The maximum Gasteiger partial charge on any atom is 0.270 e. The number of nitrogens with zero attached hydrogens (tertiary/aromatic N) is 2. The number of ether oxygens (including phenoxy) is 1. The van der Waals surface area contributed by atoms with E-state index in [1.54, 1.807) is 24.3 Å². The Bertz CT molecular complexity index is 819. The van der Waals surface area contributed by atoms with Crippen LogP contribution in [-0.2, 0) is 16.6 Å². The molecule has 128 valence electrons. The van der Waals surface area contributed by atoms with E-state index in [0.29, 0.717) is 12.4 Å². The van der Waals surface area contributed by atoms with Gasteiger partial charge in [0.2, 0.25) is 10.0 Å². The van der Waals surface area contributed by atoms with Gasteiger partial charge in [0.25, 0.3) is 5.69 Å². The van der Waals surface area contributed by atoms with E-state index in [9.17, 15) is 18.5 Å². The van der Waals surface area contributed by atoms with Gasteiger partial charge >= 0.3 is 0 Å². The second-order valence-electron chi connectivity index (χ2n) is 5.09. The summed E-state index contributed by atoms with van der Waals surface area (Å²) in [5, 5.41) is 10.8. The lowest BCUT2D eigenvalue weighted by Gasteiger charge is -2.17. The number of benzene rings is 2. The van der Waals surface area contributed by atoms with Crippen molar-refractivity contribution in [2.24, 2.45) is 0 Å². The summed E-state index contributed by atoms with van der Waals surface area (Å²) in [5.74, 6) is 0.713. The molecule has 0 fully saturated rings. The Kier molecular flexibility index (Phi) is 5.53. The lowest BCUT2D eigenvalue weighted by atomic mass is 10.2. The number of nitro groups is 1. The number of rotatable bonds is 7. The highest BCUT2D eigenvalue weighted by molar-refractivity contribution is 7.89. The number of hydrogen-bond acceptors (Lipinski definition) is 5. The van der Waals surface area contributed by atoms with E-state index in [0.717, 1.165) is 15.9 Å². The minimum Gasteiger partial charge on any atom is -0.494 e. The van der Waals surface area contributed by atoms with Crippen LogP contribution >= 0.6 is 0 Å². The van der Waals surface area contributed by atoms with Gasteiger partial charge in [-0.25, -0.2) is 8.42 Å². The molecule has 0 radical (unpaired) electrons. The molecule has 0 saturated carbocycles. The molecule has 0 atom stereocenters. The molecule has 0 heterocycles. The van der Waals surface area contributed by atoms with Crippen molar-refractivity contribution in [1.82, 2.24) is 4.31 Å². The first-order valence-electron chi connectivity index (χ1n) is 7.27. The SMILES string of the molecule is CCOc1ccc(CN(C)S(=O)(=O)c2cccc([N+](=O)[O-])c2)cc1. The summed E-state index contributed by atoms with van der Waals surface area (Å²) in [6.45, 7) is 2.59. The number of hydrogen-bond donors (Lipinski definition) is 0. The maximum absolute atomic E-state index is 12.6. The molecular formula is C16H18N2O5S. The predicted octanol–water partition coefficient (Wildman–Crippen LogP) is 2.81. The van der Waals surface area contributed by atoms with Crippen LogP contribution in [-0.4, -0.2) is 31.3 Å². The zero-order chi connectivity index (χ0) is 17.7. The molecule has 2 rings (SSSR count). The highest BCUT2D eigenvalue weighted by Gasteiger charge is 2.23. The molecule has 0 aliphatic carbocycles. The number of nitro benzene ring substituents is 1. The van der Waals surface area contributed by atoms with Crippen molar-refractivity contribution in [3.8, 4) is 5.75 Å². The van der Waals surface area contributed by atoms with Gasteiger partial charge < -0.3 is 4.74 Å². The third-order valence-corrected chi connectivity index (χ3v) is 5.18. The predicted molar refractivity (Wildman–Crippen MR) is 89.4 cm³/mol. The van der Waals surface area contributed by atoms with Crippen molar-refractivity contribution in [3.63, 3.8) is 0 Å². The lowest BCUT2D eigenvalue weighted by Crippen LogP contribution is -2.26. The third-order valence-electron chi connectivity index (χ3n) is 3.38. The first-order chi connectivity index (χ1) is 11.3. The Morgan fingerprint density at radius 2 is 1.83 bits per heavy atom. The molecule has 0 unspecified atom stereocenters. The fraction of sp³-hybridized carbons (Fsp3) is 0.250. The molecule has 2 aromatic rings. The quantitative estimate of drug-likeness (QED) is 0.566. The first-order valence-corrected chi connectivity index (χ1v) is 8.71. The molecule has 0 saturated heterocycles. The van der Waals surface area contributed by atoms with E-state index in [1.807, 2.05) is 6.92 Å². The van der Waals surface area contributed by atoms with Crippen molar-refractivity contribution in [1.29, 1.82) is 0 Å². The van der Waals surface area contributed by atoms with Gasteiger partial charge in [-0.3, -0.25) is 10.1 Å². The smallest absolute Gasteiger partial charge is 0.270 e. The average molecular weight is 350 g/mol. The van der Waals surface area contributed by atoms with E-state index in [4.69, 9.17) is 4.74 Å². The summed E-state index contributed by atoms with van der Waals surface area (Å²) in [5.41, 5.74) is 0.528. The van der Waals surface area contributed by atoms with Crippen LogP contribution in [0.5, 0.6) is 5.75 Å². The van der Waals surface area contributed by atoms with Crippen molar-refractivity contribution in [2.75, 3.05) is 13.7 Å². The number of non-ortho nitro benzene ring substituents is 1. The van der Waals surface area contributed by atoms with Gasteiger partial charge in [-0.05, 0) is 30.7 Å². The minimum atomic E-state index is -3.82. The lowest BCUT2D eigenvalue weighted by molar-refractivity contribution is -0.385. The molecule has 0 N–H and O–H groups in total. The van der Waals surface area contributed by atoms with Gasteiger partial charge in [-0.2, -0.15) is 4.31 Å². The maximum atomic E-state index is 12.6. The van der Waals surface area contributed by atoms with Gasteiger partial charge in [0, 0.05) is 25.7 Å². The summed E-state index contributed by atoms with van der Waals surface area (Å²) in [6, 6.07) is 12.1. The Morgan fingerprint density at radius 1 is 1.17 bits per heavy atom. The van der Waals surface area contributed by atoms with Crippen LogP contribution in [0.4, 0.5) is 5.69 Å². The van der Waals surface area contributed by atoms with E-state index < -0.39 is 14.9 Å². The molecule has 0 spiro atoms. The van der Waals surface area contributed by atoms with Crippen LogP contribution in [0.15, 0.2) is 53.4 Å². The van der Waals surface area contributed by atoms with Crippen LogP contribution < -0.4 is 4.74 Å². The Morgan fingerprint density at radius 3 is 2.42 bits per heavy atom. The molecule has 24 heavy (non-hydrogen) atoms. The molecule has 7 nitrogen and oxygen atoms in total. The van der Waals surface area contributed by atoms with Crippen molar-refractivity contribution < 1.29 is 18.1 Å². The average Bonchev–Trinajstić information content (AvgIpc) is 2.57. The third kappa shape index (κ3) is 4.09. The summed E-state index contributed by atoms with van der Waals surface area (Å²) < 4.78 is 31.6. The zero-order valence-corrected chi connectivity index (χ0v) is 14.2. The molecular weight excluding hydrogens is 332 g/mol. The second kappa shape index (κ2) is 7.41. The van der Waals surface area contributed by atoms with Gasteiger partial charge in [0.05, 0.1) is 16.4 Å². The normalized spacial score (nSPS) is 11.5. The van der Waals surface area contributed by atoms with Gasteiger partial charge in [-0.15, -0.1) is 0 Å². The van der Waals surface area contributed by atoms with Crippen LogP contribution in [0.25, 0.3) is 0 Å². The van der Waals surface area contributed by atoms with Gasteiger partial charge in [0.15, 0.2) is 0 Å². The molecule has 0 aromatic heterocycles. The number of sulfonamides is 1. The van der Waals surface area contributed by atoms with Crippen molar-refractivity contribution >= 4 is 15.7 Å². The fourth-order valence-corrected chi connectivity index (χ4v) is 3.34. The Hall–Kier alpha value is -2.45. The first kappa shape index (κ1) is 17.9. The summed E-state index contributed by atoms with van der Waals surface area (Å²) in [6.07, 6.45) is 0. The Labute approximate surface area is 140 Å².